The molecule has 0 saturated heterocycles. The summed E-state index contributed by atoms with van der Waals surface area (Å²) in [5, 5.41) is 18.4. The first-order valence-electron chi connectivity index (χ1n) is 2.20. The van der Waals surface area contributed by atoms with Crippen LogP contribution in [0.25, 0.3) is 0 Å². The summed E-state index contributed by atoms with van der Waals surface area (Å²) in [6.45, 7) is -0.767. The molecule has 0 fully saturated rings. The molecule has 0 aromatic carbocycles. The fraction of sp³-hybridized carbons (Fsp3) is 1.00. The topological polar surface area (TPSA) is 63.4 Å². The Balaban J connectivity index is 3.85. The molecule has 0 rings (SSSR count). The van der Waals surface area contributed by atoms with Crippen LogP contribution in [0.1, 0.15) is 0 Å². The van der Waals surface area contributed by atoms with Gasteiger partial charge in [-0.2, -0.15) is 0 Å². The molecule has 60 valence electrons. The number of halogens is 3. The Kier molecular flexibility index (Phi) is 3.65. The monoisotopic (exact) mass is 207 g/mol. The van der Waals surface area contributed by atoms with E-state index in [-0.39, 0.29) is 0 Å². The number of nitro groups is 1. The molecule has 1 atom stereocenters. The zero-order chi connectivity index (χ0) is 8.36. The predicted octanol–water partition coefficient (Wildman–Crippen LogP) is 0.994. The van der Waals surface area contributed by atoms with Gasteiger partial charge in [-0.15, -0.1) is 0 Å². The smallest absolute Gasteiger partial charge is 0.233 e. The Hall–Kier alpha value is 0.230. The Morgan fingerprint density at radius 2 is 2.00 bits per heavy atom. The van der Waals surface area contributed by atoms with Crippen LogP contribution in [0.2, 0.25) is 0 Å². The molecule has 0 saturated carbocycles. The minimum absolute atomic E-state index is 0.757. The molecule has 0 aromatic heterocycles. The summed E-state index contributed by atoms with van der Waals surface area (Å²) in [5.74, 6) is 0. The van der Waals surface area contributed by atoms with Gasteiger partial charge in [-0.05, 0) is 0 Å². The van der Waals surface area contributed by atoms with Crippen LogP contribution in [0, 0.1) is 10.1 Å². The third kappa shape index (κ3) is 4.11. The van der Waals surface area contributed by atoms with Crippen molar-refractivity contribution in [3.8, 4) is 0 Å². The fourth-order valence-electron chi connectivity index (χ4n) is 0.245. The van der Waals surface area contributed by atoms with Crippen molar-refractivity contribution in [2.75, 3.05) is 6.54 Å². The molecule has 4 nitrogen and oxygen atoms in total. The minimum atomic E-state index is -1.98. The second kappa shape index (κ2) is 3.57. The van der Waals surface area contributed by atoms with Gasteiger partial charge in [0.05, 0.1) is 0 Å². The first-order chi connectivity index (χ1) is 4.34. The van der Waals surface area contributed by atoms with Crippen molar-refractivity contribution < 1.29 is 10.0 Å². The molecule has 0 radical (unpaired) electrons. The number of aliphatic hydroxyl groups is 1. The van der Waals surface area contributed by atoms with E-state index < -0.39 is 21.4 Å². The van der Waals surface area contributed by atoms with Crippen molar-refractivity contribution in [3.63, 3.8) is 0 Å². The highest BCUT2D eigenvalue weighted by Gasteiger charge is 2.34. The second-order valence-electron chi connectivity index (χ2n) is 1.57. The van der Waals surface area contributed by atoms with Crippen LogP contribution >= 0.6 is 34.8 Å². The van der Waals surface area contributed by atoms with Crippen molar-refractivity contribution in [3.05, 3.63) is 10.1 Å². The molecule has 0 aliphatic rings. The lowest BCUT2D eigenvalue weighted by Gasteiger charge is -2.13. The van der Waals surface area contributed by atoms with E-state index in [9.17, 15) is 10.1 Å². The van der Waals surface area contributed by atoms with E-state index in [2.05, 4.69) is 0 Å². The Labute approximate surface area is 71.8 Å². The lowest BCUT2D eigenvalue weighted by Crippen LogP contribution is -2.32. The maximum absolute atomic E-state index is 9.73. The number of hydrogen-bond acceptors (Lipinski definition) is 3. The first-order valence-corrected chi connectivity index (χ1v) is 3.34. The average molecular weight is 208 g/mol. The molecule has 10 heavy (non-hydrogen) atoms. The average Bonchev–Trinajstić information content (AvgIpc) is 1.60. The van der Waals surface area contributed by atoms with Gasteiger partial charge >= 0.3 is 0 Å². The number of hydrogen-bond donors (Lipinski definition) is 1. The van der Waals surface area contributed by atoms with Crippen LogP contribution in [0.5, 0.6) is 0 Å². The largest absolute Gasteiger partial charge is 0.382 e. The van der Waals surface area contributed by atoms with Gasteiger partial charge in [0.15, 0.2) is 6.10 Å². The van der Waals surface area contributed by atoms with Crippen molar-refractivity contribution in [2.24, 2.45) is 0 Å². The highest BCUT2D eigenvalue weighted by Crippen LogP contribution is 2.29. The summed E-state index contributed by atoms with van der Waals surface area (Å²) in [6, 6.07) is 0. The van der Waals surface area contributed by atoms with E-state index in [4.69, 9.17) is 39.9 Å². The molecule has 0 heterocycles. The van der Waals surface area contributed by atoms with Gasteiger partial charge in [0.25, 0.3) is 0 Å². The summed E-state index contributed by atoms with van der Waals surface area (Å²) in [7, 11) is 0. The van der Waals surface area contributed by atoms with Gasteiger partial charge in [0, 0.05) is 4.92 Å². The lowest BCUT2D eigenvalue weighted by atomic mass is 10.4. The summed E-state index contributed by atoms with van der Waals surface area (Å²) >= 11 is 15.3. The molecule has 0 aromatic rings. The van der Waals surface area contributed by atoms with Crippen LogP contribution in [-0.4, -0.2) is 26.5 Å². The molecular weight excluding hydrogens is 204 g/mol. The molecule has 0 amide bonds. The van der Waals surface area contributed by atoms with Crippen molar-refractivity contribution in [2.45, 2.75) is 9.90 Å². The zero-order valence-electron chi connectivity index (χ0n) is 4.63. The highest BCUT2D eigenvalue weighted by atomic mass is 35.6. The zero-order valence-corrected chi connectivity index (χ0v) is 6.90. The molecule has 7 heteroatoms. The molecule has 1 N–H and O–H groups in total. The standard InChI is InChI=1S/C3H4Cl3NO3/c4-3(5,6)2(8)1-7(9)10/h2,8H,1H2. The van der Waals surface area contributed by atoms with Gasteiger partial charge in [0.2, 0.25) is 10.3 Å². The third-order valence-electron chi connectivity index (χ3n) is 0.700. The Morgan fingerprint density at radius 3 is 2.10 bits per heavy atom. The lowest BCUT2D eigenvalue weighted by molar-refractivity contribution is -0.490. The second-order valence-corrected chi connectivity index (χ2v) is 3.94. The van der Waals surface area contributed by atoms with Gasteiger partial charge < -0.3 is 5.11 Å². The van der Waals surface area contributed by atoms with Crippen LogP contribution in [-0.2, 0) is 0 Å². The van der Waals surface area contributed by atoms with E-state index in [1.54, 1.807) is 0 Å². The van der Waals surface area contributed by atoms with Gasteiger partial charge in [-0.1, -0.05) is 34.8 Å². The Bertz CT molecular complexity index is 133. The fourth-order valence-corrected chi connectivity index (χ4v) is 0.452. The predicted molar refractivity (Wildman–Crippen MR) is 38.2 cm³/mol. The molecule has 1 unspecified atom stereocenters. The van der Waals surface area contributed by atoms with Crippen LogP contribution in [0.4, 0.5) is 0 Å². The van der Waals surface area contributed by atoms with Gasteiger partial charge in [-0.3, -0.25) is 10.1 Å². The minimum Gasteiger partial charge on any atom is -0.382 e. The molecule has 0 spiro atoms. The van der Waals surface area contributed by atoms with E-state index in [0.717, 1.165) is 0 Å². The highest BCUT2D eigenvalue weighted by molar-refractivity contribution is 6.68. The van der Waals surface area contributed by atoms with Crippen LogP contribution in [0.15, 0.2) is 0 Å². The van der Waals surface area contributed by atoms with E-state index in [1.165, 1.54) is 0 Å². The quantitative estimate of drug-likeness (QED) is 0.418. The Morgan fingerprint density at radius 1 is 1.60 bits per heavy atom. The van der Waals surface area contributed by atoms with E-state index >= 15 is 0 Å². The number of rotatable bonds is 2. The van der Waals surface area contributed by atoms with E-state index in [1.807, 2.05) is 0 Å². The maximum atomic E-state index is 9.73. The molecule has 0 aliphatic carbocycles. The van der Waals surface area contributed by atoms with Gasteiger partial charge in [0.1, 0.15) is 0 Å². The third-order valence-corrected chi connectivity index (χ3v) is 1.46. The molecule has 0 bridgehead atoms. The number of nitrogens with zero attached hydrogens (tertiary/aromatic N) is 1. The molecular formula is C3H4Cl3NO3. The van der Waals surface area contributed by atoms with Crippen LogP contribution < -0.4 is 0 Å². The number of aliphatic hydroxyl groups excluding tert-OH is 1. The van der Waals surface area contributed by atoms with Crippen molar-refractivity contribution >= 4 is 34.8 Å². The normalized spacial score (nSPS) is 14.8. The summed E-state index contributed by atoms with van der Waals surface area (Å²) in [4.78, 5) is 8.97. The summed E-state index contributed by atoms with van der Waals surface area (Å²) in [5.41, 5.74) is 0. The van der Waals surface area contributed by atoms with Crippen LogP contribution in [0.3, 0.4) is 0 Å². The SMILES string of the molecule is O=[N+]([O-])CC(O)C(Cl)(Cl)Cl. The number of alkyl halides is 3. The van der Waals surface area contributed by atoms with Gasteiger partial charge in [-0.25, -0.2) is 0 Å². The first kappa shape index (κ1) is 10.2. The summed E-state index contributed by atoms with van der Waals surface area (Å²) in [6.07, 6.45) is -1.56. The van der Waals surface area contributed by atoms with Crippen molar-refractivity contribution in [1.82, 2.24) is 0 Å². The van der Waals surface area contributed by atoms with Crippen molar-refractivity contribution in [1.29, 1.82) is 0 Å². The summed E-state index contributed by atoms with van der Waals surface area (Å²) < 4.78 is -1.98. The molecule has 0 aliphatic heterocycles. The van der Waals surface area contributed by atoms with E-state index in [0.29, 0.717) is 0 Å². The maximum Gasteiger partial charge on any atom is 0.233 e.